The van der Waals surface area contributed by atoms with E-state index in [2.05, 4.69) is 9.74 Å². The maximum atomic E-state index is 12.0. The lowest BCUT2D eigenvalue weighted by Gasteiger charge is -2.27. The zero-order valence-electron chi connectivity index (χ0n) is 12.0. The van der Waals surface area contributed by atoms with Crippen molar-refractivity contribution in [3.05, 3.63) is 35.9 Å². The molecule has 1 atom stereocenters. The first kappa shape index (κ1) is 16.2. The van der Waals surface area contributed by atoms with Gasteiger partial charge in [0.2, 0.25) is 0 Å². The topological polar surface area (TPSA) is 50.8 Å². The first-order valence-corrected chi connectivity index (χ1v) is 7.54. The molecule has 1 aliphatic heterocycles. The summed E-state index contributed by atoms with van der Waals surface area (Å²) >= 11 is 5.67. The van der Waals surface area contributed by atoms with Crippen LogP contribution in [0.2, 0.25) is 0 Å². The standard InChI is InChI=1S/C15H21ClN2O3/c16-17-14(6-7-18-8-10-20-11-9-18)15(19)21-12-13-4-2-1-3-5-13/h1-5,14,17H,6-12H2/t14-/m0/s1. The van der Waals surface area contributed by atoms with Gasteiger partial charge in [-0.3, -0.25) is 9.69 Å². The summed E-state index contributed by atoms with van der Waals surface area (Å²) in [5.41, 5.74) is 0.965. The molecular weight excluding hydrogens is 292 g/mol. The van der Waals surface area contributed by atoms with Crippen LogP contribution in [0.15, 0.2) is 30.3 Å². The van der Waals surface area contributed by atoms with Crippen molar-refractivity contribution < 1.29 is 14.3 Å². The minimum Gasteiger partial charge on any atom is -0.460 e. The van der Waals surface area contributed by atoms with Crippen LogP contribution in [-0.2, 0) is 20.9 Å². The number of halogens is 1. The molecule has 0 aromatic heterocycles. The second-order valence-electron chi connectivity index (χ2n) is 5.00. The average Bonchev–Trinajstić information content (AvgIpc) is 2.55. The monoisotopic (exact) mass is 312 g/mol. The van der Waals surface area contributed by atoms with Crippen LogP contribution >= 0.6 is 11.8 Å². The molecule has 1 aliphatic rings. The molecule has 0 bridgehead atoms. The van der Waals surface area contributed by atoms with E-state index in [0.717, 1.165) is 38.4 Å². The number of rotatable bonds is 7. The number of ether oxygens (including phenoxy) is 2. The summed E-state index contributed by atoms with van der Waals surface area (Å²) in [6, 6.07) is 9.11. The number of esters is 1. The van der Waals surface area contributed by atoms with E-state index in [-0.39, 0.29) is 12.6 Å². The van der Waals surface area contributed by atoms with Crippen molar-refractivity contribution in [2.24, 2.45) is 0 Å². The van der Waals surface area contributed by atoms with E-state index < -0.39 is 6.04 Å². The molecule has 1 N–H and O–H groups in total. The molecule has 1 aromatic rings. The molecule has 5 nitrogen and oxygen atoms in total. The molecule has 21 heavy (non-hydrogen) atoms. The van der Waals surface area contributed by atoms with Crippen LogP contribution in [0.25, 0.3) is 0 Å². The minimum atomic E-state index is -0.488. The highest BCUT2D eigenvalue weighted by molar-refractivity contribution is 6.14. The maximum Gasteiger partial charge on any atom is 0.324 e. The summed E-state index contributed by atoms with van der Waals surface area (Å²) in [4.78, 5) is 16.8. The SMILES string of the molecule is O=C(OCc1ccccc1)[C@H](CCN1CCOCC1)NCl. The molecule has 0 aliphatic carbocycles. The van der Waals surface area contributed by atoms with E-state index >= 15 is 0 Å². The Morgan fingerprint density at radius 3 is 2.71 bits per heavy atom. The van der Waals surface area contributed by atoms with Crippen LogP contribution in [-0.4, -0.2) is 49.8 Å². The minimum absolute atomic E-state index is 0.270. The summed E-state index contributed by atoms with van der Waals surface area (Å²) < 4.78 is 10.6. The van der Waals surface area contributed by atoms with Gasteiger partial charge in [-0.2, -0.15) is 0 Å². The van der Waals surface area contributed by atoms with Crippen LogP contribution in [0, 0.1) is 0 Å². The van der Waals surface area contributed by atoms with Crippen molar-refractivity contribution >= 4 is 17.7 Å². The van der Waals surface area contributed by atoms with E-state index in [1.807, 2.05) is 30.3 Å². The third-order valence-corrected chi connectivity index (χ3v) is 3.74. The van der Waals surface area contributed by atoms with Gasteiger partial charge in [0.1, 0.15) is 12.6 Å². The second-order valence-corrected chi connectivity index (χ2v) is 5.22. The molecular formula is C15H21ClN2O3. The molecule has 0 unspecified atom stereocenters. The Kier molecular flexibility index (Phi) is 6.95. The molecule has 1 heterocycles. The van der Waals surface area contributed by atoms with E-state index in [1.54, 1.807) is 0 Å². The van der Waals surface area contributed by atoms with Gasteiger partial charge in [-0.15, -0.1) is 0 Å². The smallest absolute Gasteiger partial charge is 0.324 e. The summed E-state index contributed by atoms with van der Waals surface area (Å²) in [5.74, 6) is -0.317. The van der Waals surface area contributed by atoms with Crippen LogP contribution in [0.5, 0.6) is 0 Å². The van der Waals surface area contributed by atoms with Crippen molar-refractivity contribution in [2.45, 2.75) is 19.1 Å². The van der Waals surface area contributed by atoms with Gasteiger partial charge in [-0.05, 0) is 23.8 Å². The van der Waals surface area contributed by atoms with Crippen molar-refractivity contribution in [3.8, 4) is 0 Å². The van der Waals surface area contributed by atoms with Gasteiger partial charge in [0.05, 0.1) is 13.2 Å². The Labute approximate surface area is 130 Å². The zero-order chi connectivity index (χ0) is 14.9. The second kappa shape index (κ2) is 9.00. The van der Waals surface area contributed by atoms with Gasteiger partial charge in [-0.25, -0.2) is 4.84 Å². The van der Waals surface area contributed by atoms with Gasteiger partial charge in [0.15, 0.2) is 0 Å². The molecule has 0 amide bonds. The lowest BCUT2D eigenvalue weighted by atomic mass is 10.2. The van der Waals surface area contributed by atoms with Crippen molar-refractivity contribution in [3.63, 3.8) is 0 Å². The highest BCUT2D eigenvalue weighted by Crippen LogP contribution is 2.06. The fourth-order valence-corrected chi connectivity index (χ4v) is 2.38. The Hall–Kier alpha value is -1.14. The lowest BCUT2D eigenvalue weighted by molar-refractivity contribution is -0.147. The number of carbonyl (C=O) groups is 1. The predicted octanol–water partition coefficient (Wildman–Crippen LogP) is 1.56. The molecule has 116 valence electrons. The first-order chi connectivity index (χ1) is 10.3. The zero-order valence-corrected chi connectivity index (χ0v) is 12.7. The maximum absolute atomic E-state index is 12.0. The summed E-state index contributed by atoms with van der Waals surface area (Å²) in [5, 5.41) is 0. The fourth-order valence-electron chi connectivity index (χ4n) is 2.18. The first-order valence-electron chi connectivity index (χ1n) is 7.16. The molecule has 1 aromatic carbocycles. The van der Waals surface area contributed by atoms with Gasteiger partial charge >= 0.3 is 5.97 Å². The Bertz CT molecular complexity index is 424. The van der Waals surface area contributed by atoms with Crippen LogP contribution < -0.4 is 4.84 Å². The van der Waals surface area contributed by atoms with E-state index in [4.69, 9.17) is 21.3 Å². The highest BCUT2D eigenvalue weighted by atomic mass is 35.5. The Morgan fingerprint density at radius 2 is 2.05 bits per heavy atom. The Morgan fingerprint density at radius 1 is 1.33 bits per heavy atom. The number of nitrogens with zero attached hydrogens (tertiary/aromatic N) is 1. The quantitative estimate of drug-likeness (QED) is 0.612. The van der Waals surface area contributed by atoms with Gasteiger partial charge in [0.25, 0.3) is 0 Å². The third-order valence-electron chi connectivity index (χ3n) is 3.48. The number of morpholine rings is 1. The van der Waals surface area contributed by atoms with E-state index in [9.17, 15) is 4.79 Å². The highest BCUT2D eigenvalue weighted by Gasteiger charge is 2.21. The Balaban J connectivity index is 1.72. The van der Waals surface area contributed by atoms with Crippen molar-refractivity contribution in [2.75, 3.05) is 32.8 Å². The molecule has 1 fully saturated rings. The van der Waals surface area contributed by atoms with Gasteiger partial charge in [-0.1, -0.05) is 30.3 Å². The van der Waals surface area contributed by atoms with E-state index in [1.165, 1.54) is 0 Å². The van der Waals surface area contributed by atoms with Crippen LogP contribution in [0.4, 0.5) is 0 Å². The molecule has 1 saturated heterocycles. The molecule has 0 saturated carbocycles. The average molecular weight is 313 g/mol. The lowest BCUT2D eigenvalue weighted by Crippen LogP contribution is -2.41. The van der Waals surface area contributed by atoms with Crippen molar-refractivity contribution in [1.82, 2.24) is 9.74 Å². The number of hydrogen-bond acceptors (Lipinski definition) is 5. The van der Waals surface area contributed by atoms with E-state index in [0.29, 0.717) is 6.42 Å². The number of hydrogen-bond donors (Lipinski definition) is 1. The normalized spacial score (nSPS) is 17.4. The summed E-state index contributed by atoms with van der Waals surface area (Å²) in [7, 11) is 0. The van der Waals surface area contributed by atoms with Gasteiger partial charge in [0, 0.05) is 19.6 Å². The van der Waals surface area contributed by atoms with Crippen molar-refractivity contribution in [1.29, 1.82) is 0 Å². The fraction of sp³-hybridized carbons (Fsp3) is 0.533. The van der Waals surface area contributed by atoms with Gasteiger partial charge < -0.3 is 9.47 Å². The molecule has 6 heteroatoms. The van der Waals surface area contributed by atoms with Crippen LogP contribution in [0.1, 0.15) is 12.0 Å². The molecule has 0 spiro atoms. The molecule has 0 radical (unpaired) electrons. The number of carbonyl (C=O) groups excluding carboxylic acids is 1. The molecule has 2 rings (SSSR count). The predicted molar refractivity (Wildman–Crippen MR) is 80.9 cm³/mol. The van der Waals surface area contributed by atoms with Crippen LogP contribution in [0.3, 0.4) is 0 Å². The number of nitrogens with one attached hydrogen (secondary N) is 1. The summed E-state index contributed by atoms with van der Waals surface area (Å²) in [6.45, 7) is 4.36. The summed E-state index contributed by atoms with van der Waals surface area (Å²) in [6.07, 6.45) is 0.622. The largest absolute Gasteiger partial charge is 0.460 e. The number of benzene rings is 1. The third kappa shape index (κ3) is 5.63.